The third kappa shape index (κ3) is 23.9. The smallest absolute Gasteiger partial charge is 0.362 e. The van der Waals surface area contributed by atoms with Gasteiger partial charge in [0, 0.05) is 19.3 Å². The number of carboxylic acid groups (broad SMARTS) is 1. The van der Waals surface area contributed by atoms with E-state index in [0.29, 0.717) is 19.3 Å². The maximum atomic E-state index is 12.4. The standard InChI is InChI=1S/C33H57NO7/c1-6-8-10-11-12-13-14-15-16-17-18-19-20-21-22-24-32(36)41-29(28-40-31(35)23-9-7-2)27-39-26-25-30(33(37)38)34(3,4)5/h8,10,12-13,15-16,29-30H,6-7,9,11,14,17-28H2,1-5H3/p+1/b10-8-,13-12-,16-15-. The average Bonchev–Trinajstić information content (AvgIpc) is 2.91. The third-order valence-electron chi connectivity index (χ3n) is 6.55. The number of nitrogens with zero attached hydrogens (tertiary/aromatic N) is 1. The van der Waals surface area contributed by atoms with Gasteiger partial charge in [0.1, 0.15) is 6.61 Å². The van der Waals surface area contributed by atoms with E-state index < -0.39 is 18.1 Å². The molecule has 0 aliphatic carbocycles. The van der Waals surface area contributed by atoms with E-state index in [1.165, 1.54) is 0 Å². The predicted octanol–water partition coefficient (Wildman–Crippen LogP) is 6.79. The van der Waals surface area contributed by atoms with E-state index in [0.717, 1.165) is 70.6 Å². The monoisotopic (exact) mass is 580 g/mol. The molecule has 0 amide bonds. The van der Waals surface area contributed by atoms with E-state index in [9.17, 15) is 19.5 Å². The predicted molar refractivity (Wildman–Crippen MR) is 165 cm³/mol. The number of hydrogen-bond acceptors (Lipinski definition) is 6. The van der Waals surface area contributed by atoms with Gasteiger partial charge >= 0.3 is 17.9 Å². The molecule has 1 N–H and O–H groups in total. The van der Waals surface area contributed by atoms with Crippen LogP contribution in [0, 0.1) is 0 Å². The minimum atomic E-state index is -0.885. The van der Waals surface area contributed by atoms with Crippen LogP contribution in [0.5, 0.6) is 0 Å². The SMILES string of the molecule is CC/C=C\C/C=C\C/C=C\CCCCCCCC(=O)OC(COCCC(C(=O)O)[N+](C)(C)C)COC(=O)CCCC. The summed E-state index contributed by atoms with van der Waals surface area (Å²) in [6.07, 6.45) is 24.3. The molecular formula is C33H58NO7+. The number of rotatable bonds is 26. The molecule has 0 aliphatic heterocycles. The number of carboxylic acids is 1. The second kappa shape index (κ2) is 25.3. The molecule has 0 rings (SSSR count). The first-order valence-corrected chi connectivity index (χ1v) is 15.5. The quantitative estimate of drug-likeness (QED) is 0.0521. The molecule has 0 saturated carbocycles. The second-order valence-electron chi connectivity index (χ2n) is 11.3. The average molecular weight is 581 g/mol. The first kappa shape index (κ1) is 38.5. The highest BCUT2D eigenvalue weighted by Gasteiger charge is 2.31. The summed E-state index contributed by atoms with van der Waals surface area (Å²) in [7, 11) is 5.47. The van der Waals surface area contributed by atoms with Crippen LogP contribution in [-0.4, -0.2) is 80.6 Å². The normalized spacial score (nSPS) is 13.7. The molecule has 0 spiro atoms. The summed E-state index contributed by atoms with van der Waals surface area (Å²) in [5.74, 6) is -1.54. The van der Waals surface area contributed by atoms with E-state index >= 15 is 0 Å². The van der Waals surface area contributed by atoms with Crippen molar-refractivity contribution in [1.29, 1.82) is 0 Å². The fraction of sp³-hybridized carbons (Fsp3) is 0.727. The summed E-state index contributed by atoms with van der Waals surface area (Å²) in [4.78, 5) is 36.0. The number of allylic oxidation sites excluding steroid dienone is 6. The molecule has 41 heavy (non-hydrogen) atoms. The van der Waals surface area contributed by atoms with Crippen molar-refractivity contribution >= 4 is 17.9 Å². The molecule has 0 radical (unpaired) electrons. The summed E-state index contributed by atoms with van der Waals surface area (Å²) >= 11 is 0. The van der Waals surface area contributed by atoms with Crippen molar-refractivity contribution in [2.45, 2.75) is 116 Å². The Morgan fingerprint density at radius 2 is 1.37 bits per heavy atom. The molecular weight excluding hydrogens is 522 g/mol. The van der Waals surface area contributed by atoms with Crippen molar-refractivity contribution in [2.75, 3.05) is 41.0 Å². The molecule has 0 aromatic carbocycles. The Morgan fingerprint density at radius 3 is 2.00 bits per heavy atom. The zero-order chi connectivity index (χ0) is 30.8. The van der Waals surface area contributed by atoms with Crippen molar-refractivity contribution in [3.05, 3.63) is 36.5 Å². The van der Waals surface area contributed by atoms with Gasteiger partial charge in [-0.2, -0.15) is 0 Å². The highest BCUT2D eigenvalue weighted by atomic mass is 16.6. The Hall–Kier alpha value is -2.45. The molecule has 0 saturated heterocycles. The van der Waals surface area contributed by atoms with Crippen molar-refractivity contribution in [3.63, 3.8) is 0 Å². The molecule has 2 atom stereocenters. The van der Waals surface area contributed by atoms with Gasteiger partial charge in [-0.3, -0.25) is 9.59 Å². The molecule has 0 heterocycles. The molecule has 8 nitrogen and oxygen atoms in total. The molecule has 0 aliphatic rings. The molecule has 2 unspecified atom stereocenters. The topological polar surface area (TPSA) is 99.1 Å². The van der Waals surface area contributed by atoms with Crippen LogP contribution in [0.25, 0.3) is 0 Å². The fourth-order valence-electron chi connectivity index (χ4n) is 4.08. The highest BCUT2D eigenvalue weighted by molar-refractivity contribution is 5.72. The van der Waals surface area contributed by atoms with Crippen LogP contribution in [0.3, 0.4) is 0 Å². The highest BCUT2D eigenvalue weighted by Crippen LogP contribution is 2.11. The van der Waals surface area contributed by atoms with Gasteiger partial charge in [-0.25, -0.2) is 4.79 Å². The summed E-state index contributed by atoms with van der Waals surface area (Å²) in [5, 5.41) is 9.48. The van der Waals surface area contributed by atoms with Gasteiger partial charge in [0.25, 0.3) is 0 Å². The van der Waals surface area contributed by atoms with Crippen LogP contribution < -0.4 is 0 Å². The van der Waals surface area contributed by atoms with Gasteiger partial charge < -0.3 is 23.8 Å². The number of aliphatic carboxylic acids is 1. The van der Waals surface area contributed by atoms with E-state index in [1.807, 2.05) is 28.1 Å². The zero-order valence-corrected chi connectivity index (χ0v) is 26.5. The van der Waals surface area contributed by atoms with Crippen LogP contribution in [0.15, 0.2) is 36.5 Å². The van der Waals surface area contributed by atoms with Crippen molar-refractivity contribution in [3.8, 4) is 0 Å². The van der Waals surface area contributed by atoms with E-state index in [-0.39, 0.29) is 36.2 Å². The van der Waals surface area contributed by atoms with Crippen LogP contribution in [0.2, 0.25) is 0 Å². The second-order valence-corrected chi connectivity index (χ2v) is 11.3. The first-order valence-electron chi connectivity index (χ1n) is 15.5. The molecule has 8 heteroatoms. The van der Waals surface area contributed by atoms with Crippen molar-refractivity contribution in [1.82, 2.24) is 0 Å². The summed E-state index contributed by atoms with van der Waals surface area (Å²) < 4.78 is 16.8. The van der Waals surface area contributed by atoms with Gasteiger partial charge in [-0.1, -0.05) is 76.0 Å². The zero-order valence-electron chi connectivity index (χ0n) is 26.5. The van der Waals surface area contributed by atoms with Gasteiger partial charge in [-0.15, -0.1) is 0 Å². The lowest BCUT2D eigenvalue weighted by Gasteiger charge is -2.31. The Morgan fingerprint density at radius 1 is 0.756 bits per heavy atom. The van der Waals surface area contributed by atoms with E-state index in [1.54, 1.807) is 0 Å². The maximum Gasteiger partial charge on any atom is 0.362 e. The lowest BCUT2D eigenvalue weighted by molar-refractivity contribution is -0.887. The largest absolute Gasteiger partial charge is 0.477 e. The molecule has 0 bridgehead atoms. The number of ether oxygens (including phenoxy) is 3. The maximum absolute atomic E-state index is 12.4. The number of quaternary nitrogens is 1. The number of esters is 2. The summed E-state index contributed by atoms with van der Waals surface area (Å²) in [6.45, 7) is 4.32. The number of carbonyl (C=O) groups excluding carboxylic acids is 2. The van der Waals surface area contributed by atoms with Crippen molar-refractivity contribution in [2.24, 2.45) is 0 Å². The molecule has 0 fully saturated rings. The number of likely N-dealkylation sites (N-methyl/N-ethyl adjacent to an activating group) is 1. The van der Waals surface area contributed by atoms with Gasteiger partial charge in [0.15, 0.2) is 12.1 Å². The van der Waals surface area contributed by atoms with Gasteiger partial charge in [0.05, 0.1) is 34.4 Å². The number of unbranched alkanes of at least 4 members (excludes halogenated alkanes) is 6. The number of carbonyl (C=O) groups is 3. The van der Waals surface area contributed by atoms with Crippen LogP contribution in [-0.2, 0) is 28.6 Å². The Labute approximate surface area is 249 Å². The fourth-order valence-corrected chi connectivity index (χ4v) is 4.08. The minimum Gasteiger partial charge on any atom is -0.477 e. The van der Waals surface area contributed by atoms with Crippen LogP contribution >= 0.6 is 0 Å². The summed E-state index contributed by atoms with van der Waals surface area (Å²) in [6, 6.07) is -0.612. The Kier molecular flexibility index (Phi) is 23.8. The summed E-state index contributed by atoms with van der Waals surface area (Å²) in [5.41, 5.74) is 0. The van der Waals surface area contributed by atoms with Gasteiger partial charge in [0.2, 0.25) is 0 Å². The lowest BCUT2D eigenvalue weighted by Crippen LogP contribution is -2.50. The molecule has 236 valence electrons. The van der Waals surface area contributed by atoms with E-state index in [2.05, 4.69) is 43.4 Å². The molecule has 0 aromatic rings. The van der Waals surface area contributed by atoms with Gasteiger partial charge in [-0.05, 0) is 44.9 Å². The number of hydrogen-bond donors (Lipinski definition) is 1. The third-order valence-corrected chi connectivity index (χ3v) is 6.55. The first-order chi connectivity index (χ1) is 19.6. The Balaban J connectivity index is 4.31. The van der Waals surface area contributed by atoms with Crippen LogP contribution in [0.1, 0.15) is 104 Å². The lowest BCUT2D eigenvalue weighted by atomic mass is 10.1. The molecule has 0 aromatic heterocycles. The van der Waals surface area contributed by atoms with E-state index in [4.69, 9.17) is 14.2 Å². The minimum absolute atomic E-state index is 0.0511. The van der Waals surface area contributed by atoms with Crippen LogP contribution in [0.4, 0.5) is 0 Å². The van der Waals surface area contributed by atoms with Crippen molar-refractivity contribution < 1.29 is 38.2 Å². The Bertz CT molecular complexity index is 783.